The van der Waals surface area contributed by atoms with Crippen LogP contribution in [-0.2, 0) is 21.4 Å². The Balaban J connectivity index is 1.43. The standard InChI is InChI=1S/C19H19N3O4S4/c1-26-14-4-6-15(7-5-14)30(24,25)22-12-27-11-16(22)18(23)20-9-13-10-29-19(21-13)17-3-2-8-28-17/h2-8,10,16H,9,11-12H2,1H3,(H,20,23)/t16-/m1/s1. The number of hydrogen-bond donors (Lipinski definition) is 1. The molecule has 1 fully saturated rings. The number of sulfonamides is 1. The first-order valence-electron chi connectivity index (χ1n) is 8.98. The monoisotopic (exact) mass is 481 g/mol. The summed E-state index contributed by atoms with van der Waals surface area (Å²) in [5.74, 6) is 0.914. The highest BCUT2D eigenvalue weighted by atomic mass is 32.2. The molecule has 3 heterocycles. The van der Waals surface area contributed by atoms with E-state index in [0.29, 0.717) is 11.5 Å². The zero-order valence-corrected chi connectivity index (χ0v) is 19.2. The predicted molar refractivity (Wildman–Crippen MR) is 120 cm³/mol. The van der Waals surface area contributed by atoms with E-state index in [-0.39, 0.29) is 23.2 Å². The zero-order chi connectivity index (χ0) is 21.1. The van der Waals surface area contributed by atoms with E-state index in [4.69, 9.17) is 4.74 Å². The van der Waals surface area contributed by atoms with E-state index in [1.54, 1.807) is 23.5 Å². The Hall–Kier alpha value is -1.92. The fraction of sp³-hybridized carbons (Fsp3) is 0.263. The quantitative estimate of drug-likeness (QED) is 0.557. The predicted octanol–water partition coefficient (Wildman–Crippen LogP) is 3.26. The maximum absolute atomic E-state index is 13.0. The van der Waals surface area contributed by atoms with E-state index in [2.05, 4.69) is 10.3 Å². The van der Waals surface area contributed by atoms with Gasteiger partial charge in [0.25, 0.3) is 0 Å². The number of amides is 1. The molecule has 0 saturated carbocycles. The highest BCUT2D eigenvalue weighted by Gasteiger charge is 2.40. The van der Waals surface area contributed by atoms with Crippen LogP contribution in [0.3, 0.4) is 0 Å². The van der Waals surface area contributed by atoms with Crippen molar-refractivity contribution in [1.82, 2.24) is 14.6 Å². The Morgan fingerprint density at radius 1 is 1.27 bits per heavy atom. The first-order valence-corrected chi connectivity index (χ1v) is 13.3. The van der Waals surface area contributed by atoms with Gasteiger partial charge in [0.05, 0.1) is 35.0 Å². The Kier molecular flexibility index (Phi) is 6.44. The van der Waals surface area contributed by atoms with Crippen LogP contribution in [0.15, 0.2) is 52.1 Å². The first kappa shape index (κ1) is 21.3. The third kappa shape index (κ3) is 4.40. The van der Waals surface area contributed by atoms with Crippen LogP contribution < -0.4 is 10.1 Å². The summed E-state index contributed by atoms with van der Waals surface area (Å²) >= 11 is 4.56. The highest BCUT2D eigenvalue weighted by Crippen LogP contribution is 2.30. The summed E-state index contributed by atoms with van der Waals surface area (Å²) in [5, 5.41) is 7.65. The third-order valence-electron chi connectivity index (χ3n) is 4.54. The Morgan fingerprint density at radius 2 is 2.07 bits per heavy atom. The number of benzene rings is 1. The average molecular weight is 482 g/mol. The van der Waals surface area contributed by atoms with Crippen LogP contribution in [0.4, 0.5) is 0 Å². The van der Waals surface area contributed by atoms with Crippen molar-refractivity contribution < 1.29 is 17.9 Å². The van der Waals surface area contributed by atoms with Gasteiger partial charge in [-0.15, -0.1) is 34.4 Å². The topological polar surface area (TPSA) is 88.6 Å². The van der Waals surface area contributed by atoms with E-state index in [1.165, 1.54) is 46.6 Å². The number of hydrogen-bond acceptors (Lipinski definition) is 8. The molecule has 1 atom stereocenters. The van der Waals surface area contributed by atoms with Crippen LogP contribution in [0.2, 0.25) is 0 Å². The molecule has 0 bridgehead atoms. The summed E-state index contributed by atoms with van der Waals surface area (Å²) in [6.45, 7) is 0.262. The number of thioether (sulfide) groups is 1. The summed E-state index contributed by atoms with van der Waals surface area (Å²) in [4.78, 5) is 18.5. The number of thiophene rings is 1. The third-order valence-corrected chi connectivity index (χ3v) is 9.51. The molecule has 1 aromatic carbocycles. The lowest BCUT2D eigenvalue weighted by molar-refractivity contribution is -0.124. The van der Waals surface area contributed by atoms with Gasteiger partial charge in [-0.2, -0.15) is 4.31 Å². The maximum Gasteiger partial charge on any atom is 0.244 e. The molecule has 3 aromatic rings. The van der Waals surface area contributed by atoms with Gasteiger partial charge in [0.2, 0.25) is 15.9 Å². The van der Waals surface area contributed by atoms with Gasteiger partial charge in [-0.3, -0.25) is 4.79 Å². The molecule has 4 rings (SSSR count). The second-order valence-electron chi connectivity index (χ2n) is 6.42. The normalized spacial score (nSPS) is 17.2. The Morgan fingerprint density at radius 3 is 2.77 bits per heavy atom. The second-order valence-corrected chi connectivity index (χ2v) is 11.1. The van der Waals surface area contributed by atoms with Crippen molar-refractivity contribution in [2.75, 3.05) is 18.7 Å². The van der Waals surface area contributed by atoms with Crippen LogP contribution in [0.5, 0.6) is 5.75 Å². The van der Waals surface area contributed by atoms with Crippen molar-refractivity contribution in [3.63, 3.8) is 0 Å². The molecule has 30 heavy (non-hydrogen) atoms. The van der Waals surface area contributed by atoms with E-state index in [9.17, 15) is 13.2 Å². The van der Waals surface area contributed by atoms with Gasteiger partial charge in [-0.25, -0.2) is 13.4 Å². The number of thiazole rings is 1. The lowest BCUT2D eigenvalue weighted by atomic mass is 10.3. The maximum atomic E-state index is 13.0. The number of methoxy groups -OCH3 is 1. The Bertz CT molecular complexity index is 1110. The van der Waals surface area contributed by atoms with Crippen molar-refractivity contribution >= 4 is 50.4 Å². The molecule has 0 aliphatic carbocycles. The number of carbonyl (C=O) groups is 1. The number of nitrogens with zero attached hydrogens (tertiary/aromatic N) is 2. The van der Waals surface area contributed by atoms with Crippen LogP contribution in [0.1, 0.15) is 5.69 Å². The molecule has 11 heteroatoms. The molecule has 1 aliphatic heterocycles. The van der Waals surface area contributed by atoms with Crippen LogP contribution in [0, 0.1) is 0 Å². The van der Waals surface area contributed by atoms with Crippen molar-refractivity contribution in [3.05, 3.63) is 52.9 Å². The van der Waals surface area contributed by atoms with E-state index < -0.39 is 16.1 Å². The lowest BCUT2D eigenvalue weighted by Crippen LogP contribution is -2.46. The minimum atomic E-state index is -3.78. The smallest absolute Gasteiger partial charge is 0.244 e. The molecule has 1 saturated heterocycles. The fourth-order valence-corrected chi connectivity index (χ4v) is 7.73. The molecule has 158 valence electrons. The number of rotatable bonds is 7. The molecule has 0 spiro atoms. The minimum Gasteiger partial charge on any atom is -0.497 e. The van der Waals surface area contributed by atoms with Gasteiger partial charge < -0.3 is 10.1 Å². The van der Waals surface area contributed by atoms with Gasteiger partial charge in [0.1, 0.15) is 16.8 Å². The molecule has 0 radical (unpaired) electrons. The number of aromatic nitrogens is 1. The van der Waals surface area contributed by atoms with Gasteiger partial charge in [0, 0.05) is 11.1 Å². The molecule has 7 nitrogen and oxygen atoms in total. The van der Waals surface area contributed by atoms with E-state index in [0.717, 1.165) is 15.6 Å². The summed E-state index contributed by atoms with van der Waals surface area (Å²) < 4.78 is 32.4. The van der Waals surface area contributed by atoms with Crippen molar-refractivity contribution in [1.29, 1.82) is 0 Å². The molecular weight excluding hydrogens is 462 g/mol. The van der Waals surface area contributed by atoms with Crippen molar-refractivity contribution in [2.24, 2.45) is 0 Å². The molecule has 1 amide bonds. The van der Waals surface area contributed by atoms with Gasteiger partial charge in [-0.1, -0.05) is 6.07 Å². The SMILES string of the molecule is COc1ccc(S(=O)(=O)N2CSC[C@@H]2C(=O)NCc2csc(-c3cccs3)n2)cc1. The van der Waals surface area contributed by atoms with Crippen molar-refractivity contribution in [3.8, 4) is 15.6 Å². The van der Waals surface area contributed by atoms with Gasteiger partial charge in [-0.05, 0) is 35.7 Å². The number of nitrogens with one attached hydrogen (secondary N) is 1. The van der Waals surface area contributed by atoms with E-state index >= 15 is 0 Å². The van der Waals surface area contributed by atoms with Crippen molar-refractivity contribution in [2.45, 2.75) is 17.5 Å². The number of ether oxygens (including phenoxy) is 1. The van der Waals surface area contributed by atoms with Crippen LogP contribution in [0.25, 0.3) is 9.88 Å². The molecule has 2 aromatic heterocycles. The zero-order valence-electron chi connectivity index (χ0n) is 16.0. The first-order chi connectivity index (χ1) is 14.5. The van der Waals surface area contributed by atoms with E-state index in [1.807, 2.05) is 22.9 Å². The largest absolute Gasteiger partial charge is 0.497 e. The fourth-order valence-electron chi connectivity index (χ4n) is 2.95. The Labute approximate surface area is 187 Å². The summed E-state index contributed by atoms with van der Waals surface area (Å²) in [6, 6.07) is 9.40. The lowest BCUT2D eigenvalue weighted by Gasteiger charge is -2.22. The summed E-state index contributed by atoms with van der Waals surface area (Å²) in [5.41, 5.74) is 0.756. The highest BCUT2D eigenvalue weighted by molar-refractivity contribution is 8.00. The molecule has 0 unspecified atom stereocenters. The van der Waals surface area contributed by atoms with Gasteiger partial charge in [0.15, 0.2) is 0 Å². The van der Waals surface area contributed by atoms with Gasteiger partial charge >= 0.3 is 0 Å². The molecular formula is C19H19N3O4S4. The minimum absolute atomic E-state index is 0.142. The molecule has 1 aliphatic rings. The molecule has 1 N–H and O–H groups in total. The van der Waals surface area contributed by atoms with Crippen LogP contribution in [-0.4, -0.2) is 48.4 Å². The average Bonchev–Trinajstić information content (AvgIpc) is 3.53. The summed E-state index contributed by atoms with van der Waals surface area (Å²) in [6.07, 6.45) is 0. The number of carbonyl (C=O) groups excluding carboxylic acids is 1. The second kappa shape index (κ2) is 9.06. The summed E-state index contributed by atoms with van der Waals surface area (Å²) in [7, 11) is -2.26. The van der Waals surface area contributed by atoms with Crippen LogP contribution >= 0.6 is 34.4 Å².